The predicted octanol–water partition coefficient (Wildman–Crippen LogP) is 5.11. The lowest BCUT2D eigenvalue weighted by atomic mass is 9.77. The van der Waals surface area contributed by atoms with Crippen molar-refractivity contribution in [3.63, 3.8) is 0 Å². The Morgan fingerprint density at radius 1 is 0.900 bits per heavy atom. The van der Waals surface area contributed by atoms with Crippen molar-refractivity contribution in [3.05, 3.63) is 83.4 Å². The maximum absolute atomic E-state index is 3.52. The first-order valence-corrected chi connectivity index (χ1v) is 7.40. The number of hydrogen-bond donors (Lipinski definition) is 0. The maximum atomic E-state index is 3.52. The van der Waals surface area contributed by atoms with E-state index in [0.717, 1.165) is 0 Å². The molecule has 20 heavy (non-hydrogen) atoms. The Bertz CT molecular complexity index is 749. The van der Waals surface area contributed by atoms with E-state index in [-0.39, 0.29) is 0 Å². The zero-order chi connectivity index (χ0) is 13.4. The molecule has 0 heteroatoms. The summed E-state index contributed by atoms with van der Waals surface area (Å²) in [6, 6.07) is 25.4. The topological polar surface area (TPSA) is 0 Å². The Balaban J connectivity index is 1.93. The fourth-order valence-corrected chi connectivity index (χ4v) is 3.53. The Labute approximate surface area is 120 Å². The minimum Gasteiger partial charge on any atom is -0.0620 e. The molecule has 0 spiro atoms. The number of fused-ring (bicyclic) bond motifs is 2. The van der Waals surface area contributed by atoms with Crippen molar-refractivity contribution in [1.29, 1.82) is 0 Å². The van der Waals surface area contributed by atoms with Crippen LogP contribution in [0, 0.1) is 6.07 Å². The first kappa shape index (κ1) is 11.7. The molecule has 0 aliphatic heterocycles. The fraction of sp³-hybridized carbons (Fsp3) is 0.200. The van der Waals surface area contributed by atoms with Crippen molar-refractivity contribution in [2.75, 3.05) is 0 Å². The van der Waals surface area contributed by atoms with E-state index in [1.165, 1.54) is 46.7 Å². The molecule has 0 aromatic heterocycles. The third kappa shape index (κ3) is 1.84. The molecule has 0 bridgehead atoms. The molecule has 4 rings (SSSR count). The van der Waals surface area contributed by atoms with Gasteiger partial charge in [0, 0.05) is 5.92 Å². The monoisotopic (exact) mass is 257 g/mol. The summed E-state index contributed by atoms with van der Waals surface area (Å²) < 4.78 is 0. The second-order valence-electron chi connectivity index (χ2n) is 5.62. The number of benzene rings is 3. The van der Waals surface area contributed by atoms with E-state index < -0.39 is 0 Å². The molecule has 1 radical (unpaired) electrons. The molecular weight excluding hydrogens is 240 g/mol. The molecule has 0 saturated carbocycles. The van der Waals surface area contributed by atoms with Gasteiger partial charge in [-0.3, -0.25) is 0 Å². The molecule has 1 aliphatic carbocycles. The maximum Gasteiger partial charge on any atom is 0.0104 e. The highest BCUT2D eigenvalue weighted by atomic mass is 14.3. The summed E-state index contributed by atoms with van der Waals surface area (Å²) in [4.78, 5) is 0. The molecule has 0 N–H and O–H groups in total. The van der Waals surface area contributed by atoms with Crippen LogP contribution in [0.15, 0.2) is 60.7 Å². The SMILES string of the molecule is [c]1ccc2ccccc2c1C1CCCc2ccccc21. The van der Waals surface area contributed by atoms with E-state index in [1.807, 2.05) is 0 Å². The summed E-state index contributed by atoms with van der Waals surface area (Å²) in [6.45, 7) is 0. The Morgan fingerprint density at radius 3 is 2.75 bits per heavy atom. The van der Waals surface area contributed by atoms with E-state index in [1.54, 1.807) is 0 Å². The van der Waals surface area contributed by atoms with E-state index >= 15 is 0 Å². The summed E-state index contributed by atoms with van der Waals surface area (Å²) in [5, 5.41) is 2.68. The van der Waals surface area contributed by atoms with Gasteiger partial charge in [0.1, 0.15) is 0 Å². The molecular formula is C20H17. The molecule has 3 aromatic carbocycles. The van der Waals surface area contributed by atoms with Gasteiger partial charge in [-0.25, -0.2) is 0 Å². The molecule has 0 saturated heterocycles. The van der Waals surface area contributed by atoms with Crippen LogP contribution in [0.2, 0.25) is 0 Å². The molecule has 1 atom stereocenters. The van der Waals surface area contributed by atoms with Gasteiger partial charge in [0.25, 0.3) is 0 Å². The van der Waals surface area contributed by atoms with Crippen molar-refractivity contribution in [2.24, 2.45) is 0 Å². The number of rotatable bonds is 1. The second-order valence-corrected chi connectivity index (χ2v) is 5.62. The zero-order valence-electron chi connectivity index (χ0n) is 11.5. The van der Waals surface area contributed by atoms with Crippen LogP contribution in [0.25, 0.3) is 10.8 Å². The van der Waals surface area contributed by atoms with Gasteiger partial charge in [0.05, 0.1) is 0 Å². The van der Waals surface area contributed by atoms with E-state index in [4.69, 9.17) is 0 Å². The normalized spacial score (nSPS) is 17.9. The molecule has 0 fully saturated rings. The highest BCUT2D eigenvalue weighted by Gasteiger charge is 2.22. The van der Waals surface area contributed by atoms with Crippen molar-refractivity contribution in [2.45, 2.75) is 25.2 Å². The van der Waals surface area contributed by atoms with Gasteiger partial charge in [0.2, 0.25) is 0 Å². The van der Waals surface area contributed by atoms with Gasteiger partial charge in [0.15, 0.2) is 0 Å². The summed E-state index contributed by atoms with van der Waals surface area (Å²) in [5.74, 6) is 0.506. The predicted molar refractivity (Wildman–Crippen MR) is 84.0 cm³/mol. The third-order valence-corrected chi connectivity index (χ3v) is 4.47. The Kier molecular flexibility index (Phi) is 2.81. The van der Waals surface area contributed by atoms with Crippen LogP contribution in [0.4, 0.5) is 0 Å². The van der Waals surface area contributed by atoms with Crippen molar-refractivity contribution >= 4 is 10.8 Å². The van der Waals surface area contributed by atoms with Gasteiger partial charge in [-0.15, -0.1) is 0 Å². The lowest BCUT2D eigenvalue weighted by molar-refractivity contribution is 0.618. The highest BCUT2D eigenvalue weighted by molar-refractivity contribution is 5.86. The van der Waals surface area contributed by atoms with E-state index in [0.29, 0.717) is 5.92 Å². The average Bonchev–Trinajstić information content (AvgIpc) is 2.54. The van der Waals surface area contributed by atoms with Gasteiger partial charge >= 0.3 is 0 Å². The van der Waals surface area contributed by atoms with Crippen LogP contribution in [-0.4, -0.2) is 0 Å². The molecule has 0 nitrogen and oxygen atoms in total. The van der Waals surface area contributed by atoms with Crippen LogP contribution in [-0.2, 0) is 6.42 Å². The summed E-state index contributed by atoms with van der Waals surface area (Å²) >= 11 is 0. The standard InChI is InChI=1S/C20H17/c1-3-11-17-15(7-1)9-5-13-19(17)20-14-6-10-16-8-2-4-12-18(16)20/h1-5,7-9,11-12,20H,6,10,14H2. The molecule has 0 amide bonds. The highest BCUT2D eigenvalue weighted by Crippen LogP contribution is 2.38. The van der Waals surface area contributed by atoms with Gasteiger partial charge < -0.3 is 0 Å². The van der Waals surface area contributed by atoms with E-state index in [9.17, 15) is 0 Å². The van der Waals surface area contributed by atoms with Crippen LogP contribution in [0.3, 0.4) is 0 Å². The lowest BCUT2D eigenvalue weighted by Gasteiger charge is -2.26. The van der Waals surface area contributed by atoms with Crippen molar-refractivity contribution in [3.8, 4) is 0 Å². The molecule has 1 unspecified atom stereocenters. The average molecular weight is 257 g/mol. The third-order valence-electron chi connectivity index (χ3n) is 4.47. The molecule has 0 heterocycles. The first-order valence-electron chi connectivity index (χ1n) is 7.40. The van der Waals surface area contributed by atoms with Crippen LogP contribution in [0.5, 0.6) is 0 Å². The second kappa shape index (κ2) is 4.79. The van der Waals surface area contributed by atoms with Crippen LogP contribution >= 0.6 is 0 Å². The molecule has 1 aliphatic rings. The quantitative estimate of drug-likeness (QED) is 0.568. The Hall–Kier alpha value is -2.08. The number of aryl methyl sites for hydroxylation is 1. The van der Waals surface area contributed by atoms with Gasteiger partial charge in [-0.05, 0) is 52.8 Å². The largest absolute Gasteiger partial charge is 0.0620 e. The Morgan fingerprint density at radius 2 is 1.75 bits per heavy atom. The van der Waals surface area contributed by atoms with Gasteiger partial charge in [-0.2, -0.15) is 0 Å². The zero-order valence-corrected chi connectivity index (χ0v) is 11.5. The smallest absolute Gasteiger partial charge is 0.0104 e. The van der Waals surface area contributed by atoms with E-state index in [2.05, 4.69) is 66.7 Å². The molecule has 3 aromatic rings. The van der Waals surface area contributed by atoms with Crippen molar-refractivity contribution < 1.29 is 0 Å². The minimum atomic E-state index is 0.506. The van der Waals surface area contributed by atoms with Gasteiger partial charge in [-0.1, -0.05) is 60.7 Å². The minimum absolute atomic E-state index is 0.506. The summed E-state index contributed by atoms with van der Waals surface area (Å²) in [7, 11) is 0. The first-order chi connectivity index (χ1) is 9.93. The molecule has 97 valence electrons. The van der Waals surface area contributed by atoms with Crippen LogP contribution < -0.4 is 0 Å². The fourth-order valence-electron chi connectivity index (χ4n) is 3.53. The lowest BCUT2D eigenvalue weighted by Crippen LogP contribution is -2.11. The summed E-state index contributed by atoms with van der Waals surface area (Å²) in [6.07, 6.45) is 3.73. The summed E-state index contributed by atoms with van der Waals surface area (Å²) in [5.41, 5.74) is 4.40. The van der Waals surface area contributed by atoms with Crippen molar-refractivity contribution in [1.82, 2.24) is 0 Å². The van der Waals surface area contributed by atoms with Crippen LogP contribution in [0.1, 0.15) is 35.4 Å². The number of hydrogen-bond acceptors (Lipinski definition) is 0.